The van der Waals surface area contributed by atoms with Crippen molar-refractivity contribution in [3.63, 3.8) is 0 Å². The molecule has 246 valence electrons. The lowest BCUT2D eigenvalue weighted by Crippen LogP contribution is -2.40. The second kappa shape index (κ2) is 14.7. The second-order valence-corrected chi connectivity index (χ2v) is 12.7. The standard InChI is InChI=1S/C39H40N4O5/c1-26(39(46)47)21-32-24-43(33-5-3-2-4-6-33)37(41-32)29-11-14-35(15-12-29)48-25-31-22-30(38(45)42-19-17-34(44)18-20-42)13-16-36(31)28-9-7-27(23-40)8-10-28/h7-16,21-22,24,33-34,44H,2-6,17-20,25H2,1H3,(H,46,47). The number of benzene rings is 3. The summed E-state index contributed by atoms with van der Waals surface area (Å²) in [6.45, 7) is 2.83. The van der Waals surface area contributed by atoms with Crippen LogP contribution >= 0.6 is 0 Å². The molecule has 2 aliphatic rings. The van der Waals surface area contributed by atoms with Crippen molar-refractivity contribution < 1.29 is 24.5 Å². The average molecular weight is 645 g/mol. The van der Waals surface area contributed by atoms with Gasteiger partial charge in [0, 0.05) is 42.0 Å². The number of nitrogens with zero attached hydrogens (tertiary/aromatic N) is 4. The monoisotopic (exact) mass is 644 g/mol. The maximum Gasteiger partial charge on any atom is 0.331 e. The lowest BCUT2D eigenvalue weighted by Gasteiger charge is -2.29. The number of carboxylic acid groups (broad SMARTS) is 1. The highest BCUT2D eigenvalue weighted by Gasteiger charge is 2.24. The fourth-order valence-corrected chi connectivity index (χ4v) is 6.58. The van der Waals surface area contributed by atoms with Crippen molar-refractivity contribution in [2.45, 2.75) is 70.6 Å². The lowest BCUT2D eigenvalue weighted by molar-refractivity contribution is -0.132. The molecule has 1 aliphatic carbocycles. The van der Waals surface area contributed by atoms with Gasteiger partial charge in [0.2, 0.25) is 0 Å². The van der Waals surface area contributed by atoms with Crippen molar-refractivity contribution in [2.75, 3.05) is 13.1 Å². The third-order valence-corrected chi connectivity index (χ3v) is 9.36. The molecule has 0 radical (unpaired) electrons. The van der Waals surface area contributed by atoms with Gasteiger partial charge < -0.3 is 24.4 Å². The van der Waals surface area contributed by atoms with E-state index in [-0.39, 0.29) is 24.2 Å². The van der Waals surface area contributed by atoms with Crippen LogP contribution in [-0.4, -0.2) is 55.7 Å². The highest BCUT2D eigenvalue weighted by Crippen LogP contribution is 2.34. The summed E-state index contributed by atoms with van der Waals surface area (Å²) in [5, 5.41) is 28.6. The quantitative estimate of drug-likeness (QED) is 0.184. The largest absolute Gasteiger partial charge is 0.489 e. The van der Waals surface area contributed by atoms with Crippen LogP contribution in [0.1, 0.15) is 85.1 Å². The molecule has 4 aromatic rings. The van der Waals surface area contributed by atoms with Crippen LogP contribution in [-0.2, 0) is 11.4 Å². The van der Waals surface area contributed by atoms with Gasteiger partial charge in [-0.25, -0.2) is 9.78 Å². The smallest absolute Gasteiger partial charge is 0.331 e. The van der Waals surface area contributed by atoms with Gasteiger partial charge in [-0.3, -0.25) is 4.79 Å². The first-order chi connectivity index (χ1) is 23.3. The van der Waals surface area contributed by atoms with E-state index < -0.39 is 5.97 Å². The second-order valence-electron chi connectivity index (χ2n) is 12.7. The minimum Gasteiger partial charge on any atom is -0.489 e. The Morgan fingerprint density at radius 2 is 1.65 bits per heavy atom. The molecule has 1 aromatic heterocycles. The molecule has 2 fully saturated rings. The normalized spacial score (nSPS) is 16.0. The summed E-state index contributed by atoms with van der Waals surface area (Å²) in [4.78, 5) is 31.5. The number of piperidine rings is 1. The Bertz CT molecular complexity index is 1840. The molecule has 48 heavy (non-hydrogen) atoms. The van der Waals surface area contributed by atoms with E-state index in [9.17, 15) is 25.1 Å². The van der Waals surface area contributed by atoms with Crippen LogP contribution in [0.5, 0.6) is 5.75 Å². The van der Waals surface area contributed by atoms with Crippen LogP contribution < -0.4 is 4.74 Å². The SMILES string of the molecule is CC(=Cc1cn(C2CCCCC2)c(-c2ccc(OCc3cc(C(=O)N4CCC(O)CC4)ccc3-c3ccc(C#N)cc3)cc2)n1)C(=O)O. The minimum absolute atomic E-state index is 0.0693. The lowest BCUT2D eigenvalue weighted by atomic mass is 9.95. The molecule has 1 aliphatic heterocycles. The summed E-state index contributed by atoms with van der Waals surface area (Å²) < 4.78 is 8.50. The van der Waals surface area contributed by atoms with E-state index in [2.05, 4.69) is 10.6 Å². The molecule has 0 unspecified atom stereocenters. The third kappa shape index (κ3) is 7.50. The molecule has 0 spiro atoms. The van der Waals surface area contributed by atoms with Gasteiger partial charge in [-0.15, -0.1) is 0 Å². The van der Waals surface area contributed by atoms with Gasteiger partial charge in [-0.05, 0) is 104 Å². The Kier molecular flexibility index (Phi) is 10.0. The summed E-state index contributed by atoms with van der Waals surface area (Å²) in [7, 11) is 0. The number of carbonyl (C=O) groups is 2. The molecular formula is C39H40N4O5. The number of nitriles is 1. The van der Waals surface area contributed by atoms with Gasteiger partial charge in [0.05, 0.1) is 23.4 Å². The fourth-order valence-electron chi connectivity index (χ4n) is 6.58. The van der Waals surface area contributed by atoms with Gasteiger partial charge in [0.25, 0.3) is 5.91 Å². The van der Waals surface area contributed by atoms with E-state index in [4.69, 9.17) is 9.72 Å². The van der Waals surface area contributed by atoms with E-state index >= 15 is 0 Å². The van der Waals surface area contributed by atoms with E-state index in [0.717, 1.165) is 53.8 Å². The van der Waals surface area contributed by atoms with E-state index in [1.54, 1.807) is 30.0 Å². The summed E-state index contributed by atoms with van der Waals surface area (Å²) in [6, 6.07) is 23.2. The van der Waals surface area contributed by atoms with Crippen LogP contribution in [0.25, 0.3) is 28.6 Å². The highest BCUT2D eigenvalue weighted by atomic mass is 16.5. The topological polar surface area (TPSA) is 129 Å². The zero-order chi connectivity index (χ0) is 33.6. The van der Waals surface area contributed by atoms with Gasteiger partial charge in [0.1, 0.15) is 18.2 Å². The van der Waals surface area contributed by atoms with E-state index in [1.165, 1.54) is 6.42 Å². The number of ether oxygens (including phenoxy) is 1. The van der Waals surface area contributed by atoms with Gasteiger partial charge in [0.15, 0.2) is 0 Å². The van der Waals surface area contributed by atoms with Crippen LogP contribution in [0.15, 0.2) is 78.5 Å². The van der Waals surface area contributed by atoms with Crippen LogP contribution in [0.4, 0.5) is 0 Å². The molecule has 6 rings (SSSR count). The fraction of sp³-hybridized carbons (Fsp3) is 0.333. The predicted molar refractivity (Wildman–Crippen MR) is 183 cm³/mol. The molecule has 2 N–H and O–H groups in total. The number of likely N-dealkylation sites (tertiary alicyclic amines) is 1. The Morgan fingerprint density at radius 3 is 2.31 bits per heavy atom. The van der Waals surface area contributed by atoms with Crippen molar-refractivity contribution in [3.8, 4) is 34.3 Å². The van der Waals surface area contributed by atoms with Crippen LogP contribution in [0.3, 0.4) is 0 Å². The molecule has 2 heterocycles. The first-order valence-electron chi connectivity index (χ1n) is 16.6. The van der Waals surface area contributed by atoms with E-state index in [0.29, 0.717) is 54.5 Å². The number of aromatic nitrogens is 2. The maximum atomic E-state index is 13.4. The molecule has 0 atom stereocenters. The number of aliphatic carboxylic acids is 1. The number of amides is 1. The summed E-state index contributed by atoms with van der Waals surface area (Å²) >= 11 is 0. The maximum absolute atomic E-state index is 13.4. The number of aliphatic hydroxyl groups is 1. The molecule has 1 saturated carbocycles. The van der Waals surface area contributed by atoms with Crippen molar-refractivity contribution in [2.24, 2.45) is 0 Å². The molecular weight excluding hydrogens is 604 g/mol. The summed E-state index contributed by atoms with van der Waals surface area (Å²) in [6.07, 6.45) is 10.0. The molecule has 1 amide bonds. The number of aliphatic hydroxyl groups excluding tert-OH is 1. The first-order valence-corrected chi connectivity index (χ1v) is 16.6. The van der Waals surface area contributed by atoms with Crippen LogP contribution in [0, 0.1) is 11.3 Å². The number of carbonyl (C=O) groups excluding carboxylic acids is 1. The molecule has 0 bridgehead atoms. The van der Waals surface area contributed by atoms with Gasteiger partial charge in [-0.1, -0.05) is 37.5 Å². The molecule has 3 aromatic carbocycles. The third-order valence-electron chi connectivity index (χ3n) is 9.36. The number of imidazole rings is 1. The summed E-state index contributed by atoms with van der Waals surface area (Å²) in [5.74, 6) is 0.426. The zero-order valence-electron chi connectivity index (χ0n) is 27.1. The number of hydrogen-bond acceptors (Lipinski definition) is 6. The predicted octanol–water partition coefficient (Wildman–Crippen LogP) is 7.26. The van der Waals surface area contributed by atoms with Crippen molar-refractivity contribution in [1.29, 1.82) is 5.26 Å². The van der Waals surface area contributed by atoms with Crippen molar-refractivity contribution >= 4 is 18.0 Å². The summed E-state index contributed by atoms with van der Waals surface area (Å²) in [5.41, 5.74) is 5.58. The Morgan fingerprint density at radius 1 is 0.958 bits per heavy atom. The van der Waals surface area contributed by atoms with Crippen molar-refractivity contribution in [1.82, 2.24) is 14.5 Å². The Hall–Kier alpha value is -5.20. The molecule has 1 saturated heterocycles. The van der Waals surface area contributed by atoms with Gasteiger partial charge >= 0.3 is 5.97 Å². The average Bonchev–Trinajstić information content (AvgIpc) is 3.55. The van der Waals surface area contributed by atoms with Crippen molar-refractivity contribution in [3.05, 3.63) is 101 Å². The zero-order valence-corrected chi connectivity index (χ0v) is 27.1. The number of hydrogen-bond donors (Lipinski definition) is 2. The van der Waals surface area contributed by atoms with E-state index in [1.807, 2.05) is 60.8 Å². The highest BCUT2D eigenvalue weighted by molar-refractivity contribution is 5.95. The number of rotatable bonds is 9. The minimum atomic E-state index is -0.964. The Labute approximate surface area is 280 Å². The Balaban J connectivity index is 1.25. The van der Waals surface area contributed by atoms with Gasteiger partial charge in [-0.2, -0.15) is 5.26 Å². The van der Waals surface area contributed by atoms with Crippen LogP contribution in [0.2, 0.25) is 0 Å². The molecule has 9 heteroatoms. The number of carboxylic acids is 1. The first kappa shape index (κ1) is 32.7. The molecule has 9 nitrogen and oxygen atoms in total.